The van der Waals surface area contributed by atoms with Crippen molar-refractivity contribution in [2.24, 2.45) is 0 Å². The lowest BCUT2D eigenvalue weighted by Crippen LogP contribution is -2.26. The maximum Gasteiger partial charge on any atom is 0.276 e. The van der Waals surface area contributed by atoms with Crippen molar-refractivity contribution in [1.29, 1.82) is 0 Å². The van der Waals surface area contributed by atoms with Gasteiger partial charge in [0.15, 0.2) is 5.69 Å². The van der Waals surface area contributed by atoms with Crippen LogP contribution in [0.2, 0.25) is 0 Å². The topological polar surface area (TPSA) is 96.1 Å². The predicted octanol–water partition coefficient (Wildman–Crippen LogP) is 2.60. The quantitative estimate of drug-likeness (QED) is 0.637. The molecule has 3 aromatic rings. The van der Waals surface area contributed by atoms with E-state index in [1.807, 2.05) is 30.3 Å². The lowest BCUT2D eigenvalue weighted by molar-refractivity contribution is 0.0933. The van der Waals surface area contributed by atoms with E-state index in [2.05, 4.69) is 20.6 Å². The van der Waals surface area contributed by atoms with Gasteiger partial charge >= 0.3 is 0 Å². The lowest BCUT2D eigenvalue weighted by atomic mass is 10.2. The van der Waals surface area contributed by atoms with Crippen molar-refractivity contribution >= 4 is 17.5 Å². The molecule has 1 heterocycles. The van der Waals surface area contributed by atoms with E-state index in [4.69, 9.17) is 4.74 Å². The Bertz CT molecular complexity index is 906. The Balaban J connectivity index is 1.68. The van der Waals surface area contributed by atoms with Crippen LogP contribution < -0.4 is 15.4 Å². The molecule has 1 aromatic heterocycles. The molecule has 7 heteroatoms. The summed E-state index contributed by atoms with van der Waals surface area (Å²) in [5.41, 5.74) is 1.65. The van der Waals surface area contributed by atoms with Crippen LogP contribution >= 0.6 is 0 Å². The summed E-state index contributed by atoms with van der Waals surface area (Å²) in [6.45, 7) is 0.357. The van der Waals surface area contributed by atoms with E-state index in [0.29, 0.717) is 18.0 Å². The van der Waals surface area contributed by atoms with E-state index in [1.54, 1.807) is 31.4 Å². The number of anilines is 1. The zero-order valence-corrected chi connectivity index (χ0v) is 14.2. The largest absolute Gasteiger partial charge is 0.497 e. The van der Waals surface area contributed by atoms with Gasteiger partial charge in [-0.1, -0.05) is 36.4 Å². The monoisotopic (exact) mass is 350 g/mol. The molecule has 0 saturated heterocycles. The minimum absolute atomic E-state index is 0.0263. The molecule has 0 radical (unpaired) electrons. The standard InChI is InChI=1S/C19H18N4O3/c1-26-15-9-5-8-14(10-15)23-19(25)17-16(21-12-22-17)18(24)20-11-13-6-3-2-4-7-13/h2-10,12H,11H2,1H3,(H,20,24)(H,21,22)(H,23,25). The van der Waals surface area contributed by atoms with Crippen molar-refractivity contribution in [2.45, 2.75) is 6.54 Å². The Hall–Kier alpha value is -3.61. The third kappa shape index (κ3) is 4.07. The van der Waals surface area contributed by atoms with Crippen molar-refractivity contribution in [3.05, 3.63) is 77.9 Å². The average Bonchev–Trinajstić information content (AvgIpc) is 3.17. The zero-order valence-electron chi connectivity index (χ0n) is 14.2. The van der Waals surface area contributed by atoms with Crippen LogP contribution in [-0.4, -0.2) is 28.9 Å². The van der Waals surface area contributed by atoms with Gasteiger partial charge in [0.25, 0.3) is 11.8 Å². The van der Waals surface area contributed by atoms with Crippen LogP contribution in [0.5, 0.6) is 5.75 Å². The molecule has 2 amide bonds. The molecule has 3 N–H and O–H groups in total. The van der Waals surface area contributed by atoms with E-state index in [0.717, 1.165) is 5.56 Å². The van der Waals surface area contributed by atoms with Crippen LogP contribution in [0, 0.1) is 0 Å². The highest BCUT2D eigenvalue weighted by Gasteiger charge is 2.20. The summed E-state index contributed by atoms with van der Waals surface area (Å²) in [5.74, 6) is -0.267. The second-order valence-corrected chi connectivity index (χ2v) is 5.48. The van der Waals surface area contributed by atoms with Gasteiger partial charge in [0, 0.05) is 18.3 Å². The summed E-state index contributed by atoms with van der Waals surface area (Å²) >= 11 is 0. The van der Waals surface area contributed by atoms with Crippen molar-refractivity contribution in [2.75, 3.05) is 12.4 Å². The summed E-state index contributed by atoms with van der Waals surface area (Å²) in [7, 11) is 1.55. The van der Waals surface area contributed by atoms with E-state index in [-0.39, 0.29) is 11.4 Å². The molecule has 0 aliphatic heterocycles. The van der Waals surface area contributed by atoms with E-state index >= 15 is 0 Å². The van der Waals surface area contributed by atoms with Gasteiger partial charge in [0.05, 0.1) is 13.4 Å². The van der Waals surface area contributed by atoms with Crippen molar-refractivity contribution in [3.8, 4) is 5.75 Å². The van der Waals surface area contributed by atoms with Crippen LogP contribution in [0.4, 0.5) is 5.69 Å². The number of methoxy groups -OCH3 is 1. The van der Waals surface area contributed by atoms with Gasteiger partial charge in [0.1, 0.15) is 11.4 Å². The summed E-state index contributed by atoms with van der Waals surface area (Å²) in [6.07, 6.45) is 1.32. The highest BCUT2D eigenvalue weighted by Crippen LogP contribution is 2.17. The highest BCUT2D eigenvalue weighted by molar-refractivity contribution is 6.10. The molecule has 0 spiro atoms. The summed E-state index contributed by atoms with van der Waals surface area (Å²) < 4.78 is 5.13. The van der Waals surface area contributed by atoms with Crippen molar-refractivity contribution < 1.29 is 14.3 Å². The molecule has 0 fully saturated rings. The molecule has 0 aliphatic rings. The SMILES string of the molecule is COc1cccc(NC(=O)c2nc[nH]c2C(=O)NCc2ccccc2)c1. The molecular weight excluding hydrogens is 332 g/mol. The molecule has 0 bridgehead atoms. The van der Waals surface area contributed by atoms with Gasteiger partial charge in [-0.25, -0.2) is 4.98 Å². The molecule has 0 saturated carbocycles. The number of aromatic amines is 1. The average molecular weight is 350 g/mol. The molecule has 7 nitrogen and oxygen atoms in total. The minimum Gasteiger partial charge on any atom is -0.497 e. The first-order valence-corrected chi connectivity index (χ1v) is 7.98. The first kappa shape index (κ1) is 17.2. The second-order valence-electron chi connectivity index (χ2n) is 5.48. The Morgan fingerprint density at radius 2 is 1.88 bits per heavy atom. The first-order valence-electron chi connectivity index (χ1n) is 7.98. The number of aromatic nitrogens is 2. The Kier molecular flexibility index (Phi) is 5.28. The van der Waals surface area contributed by atoms with E-state index in [9.17, 15) is 9.59 Å². The molecule has 26 heavy (non-hydrogen) atoms. The number of carbonyl (C=O) groups is 2. The fraction of sp³-hybridized carbons (Fsp3) is 0.105. The number of carbonyl (C=O) groups excluding carboxylic acids is 2. The Morgan fingerprint density at radius 3 is 2.65 bits per heavy atom. The highest BCUT2D eigenvalue weighted by atomic mass is 16.5. The van der Waals surface area contributed by atoms with Crippen molar-refractivity contribution in [1.82, 2.24) is 15.3 Å². The fourth-order valence-electron chi connectivity index (χ4n) is 2.40. The van der Waals surface area contributed by atoms with Crippen LogP contribution in [0.25, 0.3) is 0 Å². The number of benzene rings is 2. The van der Waals surface area contributed by atoms with Gasteiger partial charge in [-0.2, -0.15) is 0 Å². The number of nitrogens with one attached hydrogen (secondary N) is 3. The van der Waals surface area contributed by atoms with E-state index < -0.39 is 11.8 Å². The van der Waals surface area contributed by atoms with Gasteiger partial charge in [-0.15, -0.1) is 0 Å². The molecule has 0 atom stereocenters. The minimum atomic E-state index is -0.482. The number of nitrogens with zero attached hydrogens (tertiary/aromatic N) is 1. The number of rotatable bonds is 6. The maximum atomic E-state index is 12.5. The number of amides is 2. The van der Waals surface area contributed by atoms with E-state index in [1.165, 1.54) is 6.33 Å². The number of hydrogen-bond donors (Lipinski definition) is 3. The Labute approximate surface area is 150 Å². The van der Waals surface area contributed by atoms with Gasteiger partial charge < -0.3 is 20.4 Å². The number of ether oxygens (including phenoxy) is 1. The smallest absolute Gasteiger partial charge is 0.276 e. The molecule has 0 aliphatic carbocycles. The third-order valence-corrected chi connectivity index (χ3v) is 3.70. The lowest BCUT2D eigenvalue weighted by Gasteiger charge is -2.08. The number of imidazole rings is 1. The van der Waals surface area contributed by atoms with Gasteiger partial charge in [-0.05, 0) is 17.7 Å². The fourth-order valence-corrected chi connectivity index (χ4v) is 2.40. The van der Waals surface area contributed by atoms with Crippen LogP contribution in [0.15, 0.2) is 60.9 Å². The summed E-state index contributed by atoms with van der Waals surface area (Å²) in [4.78, 5) is 31.5. The predicted molar refractivity (Wildman–Crippen MR) is 97.1 cm³/mol. The van der Waals surface area contributed by atoms with Crippen molar-refractivity contribution in [3.63, 3.8) is 0 Å². The molecule has 3 rings (SSSR count). The van der Waals surface area contributed by atoms with Crippen LogP contribution in [0.1, 0.15) is 26.5 Å². The normalized spacial score (nSPS) is 10.2. The first-order chi connectivity index (χ1) is 12.7. The summed E-state index contributed by atoms with van der Waals surface area (Å²) in [5, 5.41) is 5.48. The van der Waals surface area contributed by atoms with Crippen LogP contribution in [0.3, 0.4) is 0 Å². The number of H-pyrrole nitrogens is 1. The van der Waals surface area contributed by atoms with Gasteiger partial charge in [0.2, 0.25) is 0 Å². The second kappa shape index (κ2) is 7.98. The molecule has 132 valence electrons. The maximum absolute atomic E-state index is 12.5. The van der Waals surface area contributed by atoms with Gasteiger partial charge in [-0.3, -0.25) is 9.59 Å². The zero-order chi connectivity index (χ0) is 18.4. The summed E-state index contributed by atoms with van der Waals surface area (Å²) in [6, 6.07) is 16.4. The molecule has 2 aromatic carbocycles. The number of hydrogen-bond acceptors (Lipinski definition) is 4. The molecular formula is C19H18N4O3. The molecule has 0 unspecified atom stereocenters. The Morgan fingerprint density at radius 1 is 1.08 bits per heavy atom. The third-order valence-electron chi connectivity index (χ3n) is 3.70. The van der Waals surface area contributed by atoms with Crippen LogP contribution in [-0.2, 0) is 6.54 Å².